The van der Waals surface area contributed by atoms with Crippen molar-refractivity contribution in [3.8, 4) is 0 Å². The van der Waals surface area contributed by atoms with Crippen LogP contribution >= 0.6 is 0 Å². The molecule has 2 aliphatic heterocycles. The normalized spacial score (nSPS) is 24.0. The number of benzene rings is 1. The van der Waals surface area contributed by atoms with E-state index >= 15 is 0 Å². The Morgan fingerprint density at radius 3 is 2.90 bits per heavy atom. The Labute approximate surface area is 126 Å². The maximum Gasteiger partial charge on any atom is 0.172 e. The van der Waals surface area contributed by atoms with Gasteiger partial charge in [-0.25, -0.2) is 0 Å². The van der Waals surface area contributed by atoms with Crippen molar-refractivity contribution in [3.05, 3.63) is 29.3 Å². The summed E-state index contributed by atoms with van der Waals surface area (Å²) in [5.74, 6) is 0.192. The Balaban J connectivity index is 1.93. The van der Waals surface area contributed by atoms with Gasteiger partial charge in [-0.2, -0.15) is 0 Å². The first-order chi connectivity index (χ1) is 10.2. The smallest absolute Gasteiger partial charge is 0.172 e. The predicted molar refractivity (Wildman–Crippen MR) is 85.1 cm³/mol. The monoisotopic (exact) mass is 288 g/mol. The number of oxime groups is 1. The van der Waals surface area contributed by atoms with Crippen LogP contribution in [0.4, 0.5) is 5.69 Å². The molecule has 1 aromatic rings. The van der Waals surface area contributed by atoms with Crippen molar-refractivity contribution < 1.29 is 5.21 Å². The van der Waals surface area contributed by atoms with Crippen molar-refractivity contribution in [2.75, 3.05) is 31.1 Å². The molecule has 2 fully saturated rings. The maximum atomic E-state index is 9.02. The Bertz CT molecular complexity index is 543. The number of aryl methyl sites for hydroxylation is 1. The summed E-state index contributed by atoms with van der Waals surface area (Å²) in [5, 5.41) is 12.2. The van der Waals surface area contributed by atoms with Gasteiger partial charge < -0.3 is 15.8 Å². The molecule has 0 bridgehead atoms. The first-order valence-electron chi connectivity index (χ1n) is 7.76. The van der Waals surface area contributed by atoms with Gasteiger partial charge in [-0.1, -0.05) is 11.2 Å². The first kappa shape index (κ1) is 14.2. The minimum absolute atomic E-state index is 0.192. The van der Waals surface area contributed by atoms with Crippen molar-refractivity contribution in [3.63, 3.8) is 0 Å². The summed E-state index contributed by atoms with van der Waals surface area (Å²) in [6, 6.07) is 6.76. The molecule has 5 heteroatoms. The molecule has 2 saturated heterocycles. The minimum atomic E-state index is 0.192. The molecule has 114 valence electrons. The van der Waals surface area contributed by atoms with Gasteiger partial charge in [-0.05, 0) is 50.4 Å². The van der Waals surface area contributed by atoms with E-state index in [0.717, 1.165) is 24.3 Å². The number of rotatable bonds is 2. The topological polar surface area (TPSA) is 65.1 Å². The van der Waals surface area contributed by atoms with Gasteiger partial charge in [0.1, 0.15) is 0 Å². The predicted octanol–water partition coefficient (Wildman–Crippen LogP) is 1.76. The van der Waals surface area contributed by atoms with Crippen LogP contribution in [0.3, 0.4) is 0 Å². The molecule has 1 aromatic carbocycles. The van der Waals surface area contributed by atoms with Gasteiger partial charge in [-0.3, -0.25) is 4.90 Å². The molecule has 1 atom stereocenters. The highest BCUT2D eigenvalue weighted by atomic mass is 16.4. The number of nitrogens with zero attached hydrogens (tertiary/aromatic N) is 3. The molecule has 21 heavy (non-hydrogen) atoms. The Morgan fingerprint density at radius 1 is 1.29 bits per heavy atom. The van der Waals surface area contributed by atoms with Crippen molar-refractivity contribution in [2.24, 2.45) is 10.9 Å². The highest BCUT2D eigenvalue weighted by Gasteiger charge is 2.29. The zero-order chi connectivity index (χ0) is 14.8. The number of amidine groups is 1. The lowest BCUT2D eigenvalue weighted by Gasteiger charge is -2.29. The molecule has 0 aliphatic carbocycles. The quantitative estimate of drug-likeness (QED) is 0.377. The summed E-state index contributed by atoms with van der Waals surface area (Å²) in [4.78, 5) is 5.02. The fraction of sp³-hybridized carbons (Fsp3) is 0.562. The third-order valence-corrected chi connectivity index (χ3v) is 4.68. The zero-order valence-corrected chi connectivity index (χ0v) is 12.6. The molecule has 0 radical (unpaired) electrons. The van der Waals surface area contributed by atoms with E-state index in [4.69, 9.17) is 10.9 Å². The lowest BCUT2D eigenvalue weighted by molar-refractivity contribution is 0.273. The fourth-order valence-corrected chi connectivity index (χ4v) is 3.60. The second-order valence-electron chi connectivity index (χ2n) is 6.14. The van der Waals surface area contributed by atoms with E-state index in [-0.39, 0.29) is 5.84 Å². The van der Waals surface area contributed by atoms with Gasteiger partial charge in [0.2, 0.25) is 0 Å². The summed E-state index contributed by atoms with van der Waals surface area (Å²) in [6.07, 6.45) is 3.75. The maximum absolute atomic E-state index is 9.02. The second kappa shape index (κ2) is 5.93. The summed E-state index contributed by atoms with van der Waals surface area (Å²) >= 11 is 0. The third-order valence-electron chi connectivity index (χ3n) is 4.68. The third kappa shape index (κ3) is 2.83. The highest BCUT2D eigenvalue weighted by Crippen LogP contribution is 2.28. The lowest BCUT2D eigenvalue weighted by Crippen LogP contribution is -2.37. The standard InChI is InChI=1S/C16H24N4O/c1-12-5-6-14(16(17)18-21)15(10-12)20-9-3-8-19-7-2-4-13(19)11-20/h5-6,10,13,21H,2-4,7-9,11H2,1H3,(H2,17,18). The molecule has 3 rings (SSSR count). The molecule has 0 spiro atoms. The molecule has 1 unspecified atom stereocenters. The minimum Gasteiger partial charge on any atom is -0.409 e. The van der Waals surface area contributed by atoms with Crippen LogP contribution in [-0.4, -0.2) is 48.2 Å². The van der Waals surface area contributed by atoms with E-state index in [9.17, 15) is 0 Å². The number of fused-ring (bicyclic) bond motifs is 1. The fourth-order valence-electron chi connectivity index (χ4n) is 3.60. The van der Waals surface area contributed by atoms with Gasteiger partial charge in [0, 0.05) is 36.9 Å². The molecule has 0 amide bonds. The molecule has 5 nitrogen and oxygen atoms in total. The van der Waals surface area contributed by atoms with Crippen molar-refractivity contribution in [1.82, 2.24) is 4.90 Å². The first-order valence-corrected chi connectivity index (χ1v) is 7.76. The van der Waals surface area contributed by atoms with Gasteiger partial charge in [-0.15, -0.1) is 0 Å². The van der Waals surface area contributed by atoms with Gasteiger partial charge in [0.05, 0.1) is 0 Å². The highest BCUT2D eigenvalue weighted by molar-refractivity contribution is 6.02. The molecule has 2 heterocycles. The molecule has 0 aromatic heterocycles. The molecule has 0 saturated carbocycles. The van der Waals surface area contributed by atoms with Crippen molar-refractivity contribution in [2.45, 2.75) is 32.2 Å². The van der Waals surface area contributed by atoms with E-state index in [0.29, 0.717) is 6.04 Å². The van der Waals surface area contributed by atoms with Crippen LogP contribution < -0.4 is 10.6 Å². The van der Waals surface area contributed by atoms with Crippen LogP contribution in [0, 0.1) is 6.92 Å². The zero-order valence-electron chi connectivity index (χ0n) is 12.6. The molecular formula is C16H24N4O. The van der Waals surface area contributed by atoms with E-state index in [1.807, 2.05) is 12.1 Å². The SMILES string of the molecule is Cc1ccc(C(N)=NO)c(N2CCCN3CCCC3C2)c1. The lowest BCUT2D eigenvalue weighted by atomic mass is 10.1. The van der Waals surface area contributed by atoms with Crippen LogP contribution in [0.2, 0.25) is 0 Å². The largest absolute Gasteiger partial charge is 0.409 e. The number of anilines is 1. The van der Waals surface area contributed by atoms with E-state index in [2.05, 4.69) is 27.9 Å². The Kier molecular flexibility index (Phi) is 4.01. The van der Waals surface area contributed by atoms with E-state index in [1.165, 1.54) is 37.9 Å². The van der Waals surface area contributed by atoms with Crippen LogP contribution in [0.1, 0.15) is 30.4 Å². The Hall–Kier alpha value is -1.75. The van der Waals surface area contributed by atoms with Crippen LogP contribution in [0.25, 0.3) is 0 Å². The average Bonchev–Trinajstić information content (AvgIpc) is 2.83. The van der Waals surface area contributed by atoms with Crippen molar-refractivity contribution >= 4 is 11.5 Å². The molecule has 2 aliphatic rings. The van der Waals surface area contributed by atoms with Gasteiger partial charge in [0.25, 0.3) is 0 Å². The average molecular weight is 288 g/mol. The molecule has 3 N–H and O–H groups in total. The summed E-state index contributed by atoms with van der Waals surface area (Å²) in [6.45, 7) is 6.57. The van der Waals surface area contributed by atoms with Crippen LogP contribution in [0.15, 0.2) is 23.4 Å². The van der Waals surface area contributed by atoms with Gasteiger partial charge in [0.15, 0.2) is 5.84 Å². The number of nitrogens with two attached hydrogens (primary N) is 1. The van der Waals surface area contributed by atoms with Gasteiger partial charge >= 0.3 is 0 Å². The summed E-state index contributed by atoms with van der Waals surface area (Å²) in [5.41, 5.74) is 8.99. The number of hydrogen-bond donors (Lipinski definition) is 2. The Morgan fingerprint density at radius 2 is 2.10 bits per heavy atom. The summed E-state index contributed by atoms with van der Waals surface area (Å²) in [7, 11) is 0. The van der Waals surface area contributed by atoms with Crippen LogP contribution in [-0.2, 0) is 0 Å². The molecular weight excluding hydrogens is 264 g/mol. The van der Waals surface area contributed by atoms with E-state index in [1.54, 1.807) is 0 Å². The summed E-state index contributed by atoms with van der Waals surface area (Å²) < 4.78 is 0. The van der Waals surface area contributed by atoms with E-state index < -0.39 is 0 Å². The van der Waals surface area contributed by atoms with Crippen LogP contribution in [0.5, 0.6) is 0 Å². The number of hydrogen-bond acceptors (Lipinski definition) is 4. The van der Waals surface area contributed by atoms with Crippen molar-refractivity contribution in [1.29, 1.82) is 0 Å². The second-order valence-corrected chi connectivity index (χ2v) is 6.14.